The van der Waals surface area contributed by atoms with Crippen molar-refractivity contribution in [2.24, 2.45) is 5.92 Å². The van der Waals surface area contributed by atoms with Gasteiger partial charge >= 0.3 is 0 Å². The molecule has 1 saturated heterocycles. The summed E-state index contributed by atoms with van der Waals surface area (Å²) in [6, 6.07) is 1.20. The average molecular weight is 519 g/mol. The van der Waals surface area contributed by atoms with Crippen molar-refractivity contribution in [2.45, 2.75) is 109 Å². The van der Waals surface area contributed by atoms with Crippen molar-refractivity contribution in [3.8, 4) is 0 Å². The fourth-order valence-electron chi connectivity index (χ4n) is 5.25. The topological polar surface area (TPSA) is 90.5 Å². The molecule has 2 fully saturated rings. The molecule has 0 aromatic carbocycles. The van der Waals surface area contributed by atoms with Crippen LogP contribution < -0.4 is 5.32 Å². The van der Waals surface area contributed by atoms with E-state index in [1.807, 2.05) is 0 Å². The molecule has 1 unspecified atom stereocenters. The Morgan fingerprint density at radius 3 is 2.61 bits per heavy atom. The number of aliphatic hydroxyl groups is 1. The Morgan fingerprint density at radius 2 is 1.97 bits per heavy atom. The molecule has 1 amide bonds. The molecule has 1 aliphatic carbocycles. The lowest BCUT2D eigenvalue weighted by molar-refractivity contribution is -0.149. The monoisotopic (exact) mass is 518 g/mol. The normalized spacial score (nSPS) is 20.6. The van der Waals surface area contributed by atoms with Crippen LogP contribution in [0.5, 0.6) is 0 Å². The van der Waals surface area contributed by atoms with Crippen molar-refractivity contribution in [1.29, 1.82) is 0 Å². The van der Waals surface area contributed by atoms with Crippen molar-refractivity contribution in [3.63, 3.8) is 0 Å². The zero-order valence-electron chi connectivity index (χ0n) is 23.4. The molecule has 2 heterocycles. The minimum absolute atomic E-state index is 0.0916. The summed E-state index contributed by atoms with van der Waals surface area (Å²) >= 11 is 0. The largest absolute Gasteiger partial charge is 0.375 e. The van der Waals surface area contributed by atoms with E-state index in [0.29, 0.717) is 12.4 Å². The molecule has 1 atom stereocenters. The summed E-state index contributed by atoms with van der Waals surface area (Å²) in [4.78, 5) is 23.9. The molecular weight excluding hydrogens is 468 g/mol. The third-order valence-electron chi connectivity index (χ3n) is 7.95. The van der Waals surface area contributed by atoms with Gasteiger partial charge in [-0.2, -0.15) is 0 Å². The number of aromatic amines is 1. The maximum atomic E-state index is 13.6. The number of H-pyrrole nitrogens is 1. The van der Waals surface area contributed by atoms with Crippen LogP contribution in [-0.2, 0) is 21.7 Å². The van der Waals surface area contributed by atoms with Gasteiger partial charge in [-0.3, -0.25) is 4.79 Å². The van der Waals surface area contributed by atoms with Crippen LogP contribution in [0.15, 0.2) is 17.8 Å². The fraction of sp³-hybridized carbons (Fsp3) is 0.786. The van der Waals surface area contributed by atoms with Gasteiger partial charge < -0.3 is 25.0 Å². The van der Waals surface area contributed by atoms with Gasteiger partial charge in [0.2, 0.25) is 5.60 Å². The minimum Gasteiger partial charge on any atom is -0.375 e. The summed E-state index contributed by atoms with van der Waals surface area (Å²) in [5, 5.41) is 15.1. The summed E-state index contributed by atoms with van der Waals surface area (Å²) in [5.41, 5.74) is 0.570. The Kier molecular flexibility index (Phi) is 10.8. The Balaban J connectivity index is 1.57. The van der Waals surface area contributed by atoms with E-state index < -0.39 is 13.7 Å². The highest BCUT2D eigenvalue weighted by Gasteiger charge is 2.49. The van der Waals surface area contributed by atoms with Gasteiger partial charge in [-0.25, -0.2) is 4.98 Å². The van der Waals surface area contributed by atoms with E-state index in [4.69, 9.17) is 4.74 Å². The Labute approximate surface area is 219 Å². The number of imidazole rings is 1. The van der Waals surface area contributed by atoms with Crippen LogP contribution in [0, 0.1) is 5.92 Å². The molecule has 7 nitrogen and oxygen atoms in total. The van der Waals surface area contributed by atoms with Crippen molar-refractivity contribution in [3.05, 3.63) is 29.4 Å². The van der Waals surface area contributed by atoms with E-state index in [1.165, 1.54) is 5.57 Å². The lowest BCUT2D eigenvalue weighted by atomic mass is 9.83. The third-order valence-corrected chi connectivity index (χ3v) is 9.65. The summed E-state index contributed by atoms with van der Waals surface area (Å²) in [6.07, 6.45) is 11.9. The molecule has 8 heteroatoms. The second-order valence-electron chi connectivity index (χ2n) is 12.1. The van der Waals surface area contributed by atoms with Crippen LogP contribution in [0.4, 0.5) is 0 Å². The van der Waals surface area contributed by atoms with E-state index in [2.05, 4.69) is 59.7 Å². The first-order valence-corrected chi connectivity index (χ1v) is 17.9. The number of carbonyl (C=O) groups is 1. The summed E-state index contributed by atoms with van der Waals surface area (Å²) in [7, 11) is -1.14. The van der Waals surface area contributed by atoms with Gasteiger partial charge in [-0.15, -0.1) is 0 Å². The molecule has 2 aliphatic rings. The molecule has 3 rings (SSSR count). The molecule has 1 aromatic rings. The molecule has 0 spiro atoms. The van der Waals surface area contributed by atoms with Gasteiger partial charge in [0.25, 0.3) is 5.91 Å². The van der Waals surface area contributed by atoms with Gasteiger partial charge in [0, 0.05) is 52.5 Å². The van der Waals surface area contributed by atoms with E-state index in [-0.39, 0.29) is 17.9 Å². The number of aromatic nitrogens is 2. The number of allylic oxidation sites excluding steroid dienone is 1. The van der Waals surface area contributed by atoms with E-state index >= 15 is 0 Å². The van der Waals surface area contributed by atoms with Gasteiger partial charge in [-0.05, 0) is 51.5 Å². The number of hydrogen-bond acceptors (Lipinski definition) is 5. The quantitative estimate of drug-likeness (QED) is 0.195. The van der Waals surface area contributed by atoms with Gasteiger partial charge in [0.05, 0.1) is 12.3 Å². The molecule has 0 radical (unpaired) electrons. The van der Waals surface area contributed by atoms with Crippen LogP contribution in [0.25, 0.3) is 0 Å². The lowest BCUT2D eigenvalue weighted by Crippen LogP contribution is -2.54. The SMILES string of the molecule is CCC(C)=CCCN1CCC(NC(=O)C(O)(c2nc(COCC[Si](C)(C)C)c[nH]2)C2CCCC2)CC1. The number of nitrogens with zero attached hydrogens (tertiary/aromatic N) is 2. The predicted molar refractivity (Wildman–Crippen MR) is 149 cm³/mol. The number of piperidine rings is 1. The zero-order chi connectivity index (χ0) is 26.2. The molecule has 1 aromatic heterocycles. The van der Waals surface area contributed by atoms with Crippen molar-refractivity contribution < 1.29 is 14.6 Å². The molecule has 36 heavy (non-hydrogen) atoms. The minimum atomic E-state index is -1.62. The molecule has 1 aliphatic heterocycles. The van der Waals surface area contributed by atoms with Crippen molar-refractivity contribution >= 4 is 14.0 Å². The lowest BCUT2D eigenvalue weighted by Gasteiger charge is -2.36. The van der Waals surface area contributed by atoms with Gasteiger partial charge in [0.15, 0.2) is 0 Å². The smallest absolute Gasteiger partial charge is 0.260 e. The second kappa shape index (κ2) is 13.4. The highest BCUT2D eigenvalue weighted by atomic mass is 28.3. The Hall–Kier alpha value is -1.48. The van der Waals surface area contributed by atoms with Crippen molar-refractivity contribution in [2.75, 3.05) is 26.2 Å². The first kappa shape index (κ1) is 29.1. The van der Waals surface area contributed by atoms with Crippen LogP contribution >= 0.6 is 0 Å². The number of likely N-dealkylation sites (tertiary alicyclic amines) is 1. The number of amides is 1. The maximum Gasteiger partial charge on any atom is 0.260 e. The number of nitrogens with one attached hydrogen (secondary N) is 2. The Morgan fingerprint density at radius 1 is 1.28 bits per heavy atom. The third kappa shape index (κ3) is 8.26. The summed E-state index contributed by atoms with van der Waals surface area (Å²) < 4.78 is 5.85. The van der Waals surface area contributed by atoms with Gasteiger partial charge in [-0.1, -0.05) is 51.1 Å². The van der Waals surface area contributed by atoms with Crippen LogP contribution in [0.1, 0.15) is 76.7 Å². The number of carbonyl (C=O) groups excluding carboxylic acids is 1. The Bertz CT molecular complexity index is 851. The van der Waals surface area contributed by atoms with Crippen LogP contribution in [0.2, 0.25) is 25.7 Å². The van der Waals surface area contributed by atoms with Gasteiger partial charge in [0.1, 0.15) is 5.82 Å². The van der Waals surface area contributed by atoms with Crippen LogP contribution in [-0.4, -0.2) is 66.2 Å². The standard InChI is InChI=1S/C28H50N4O3Si/c1-6-22(2)10-9-15-32-16-13-24(14-17-32)31-27(33)28(34,23-11-7-8-12-23)26-29-20-25(30-26)21-35-18-19-36(3,4)5/h10,20,23-24,34H,6-9,11-19,21H2,1-5H3,(H,29,30)(H,31,33). The summed E-state index contributed by atoms with van der Waals surface area (Å²) in [6.45, 7) is 15.5. The molecule has 3 N–H and O–H groups in total. The number of hydrogen-bond donors (Lipinski definition) is 3. The second-order valence-corrected chi connectivity index (χ2v) is 17.8. The highest BCUT2D eigenvalue weighted by molar-refractivity contribution is 6.76. The fourth-order valence-corrected chi connectivity index (χ4v) is 6.00. The highest BCUT2D eigenvalue weighted by Crippen LogP contribution is 2.40. The van der Waals surface area contributed by atoms with Crippen molar-refractivity contribution in [1.82, 2.24) is 20.2 Å². The first-order chi connectivity index (χ1) is 17.1. The maximum absolute atomic E-state index is 13.6. The average Bonchev–Trinajstić information content (AvgIpc) is 3.55. The summed E-state index contributed by atoms with van der Waals surface area (Å²) in [5.74, 6) is -0.0425. The molecule has 0 bridgehead atoms. The van der Waals surface area contributed by atoms with E-state index in [9.17, 15) is 9.90 Å². The van der Waals surface area contributed by atoms with Crippen LogP contribution in [0.3, 0.4) is 0 Å². The molecule has 1 saturated carbocycles. The zero-order valence-corrected chi connectivity index (χ0v) is 24.4. The molecular formula is C28H50N4O3Si. The first-order valence-electron chi connectivity index (χ1n) is 14.2. The van der Waals surface area contributed by atoms with E-state index in [1.54, 1.807) is 6.20 Å². The molecule has 204 valence electrons. The number of rotatable bonds is 13. The predicted octanol–water partition coefficient (Wildman–Crippen LogP) is 4.97. The number of ether oxygens (including phenoxy) is 1. The van der Waals surface area contributed by atoms with E-state index in [0.717, 1.165) is 89.3 Å².